The van der Waals surface area contributed by atoms with E-state index >= 15 is 0 Å². The van der Waals surface area contributed by atoms with Crippen molar-refractivity contribution in [1.82, 2.24) is 4.98 Å². The van der Waals surface area contributed by atoms with Crippen LogP contribution in [0.15, 0.2) is 60.8 Å². The standard InChI is InChI=1S/C15H12BNO2/c18-16(19)14-7-5-11(6-8-14)13-4-3-12-2-1-9-17-15(12)10-13/h1-10,18-19H. The van der Waals surface area contributed by atoms with Crippen LogP contribution >= 0.6 is 0 Å². The van der Waals surface area contributed by atoms with Crippen molar-refractivity contribution in [2.24, 2.45) is 0 Å². The maximum atomic E-state index is 9.07. The van der Waals surface area contributed by atoms with Gasteiger partial charge in [0.1, 0.15) is 0 Å². The molecular weight excluding hydrogens is 237 g/mol. The smallest absolute Gasteiger partial charge is 0.423 e. The Morgan fingerprint density at radius 2 is 1.58 bits per heavy atom. The van der Waals surface area contributed by atoms with E-state index < -0.39 is 7.12 Å². The average Bonchev–Trinajstić information content (AvgIpc) is 2.47. The molecule has 0 aliphatic rings. The molecule has 0 bridgehead atoms. The molecule has 19 heavy (non-hydrogen) atoms. The van der Waals surface area contributed by atoms with Gasteiger partial charge in [-0.15, -0.1) is 0 Å². The SMILES string of the molecule is OB(O)c1ccc(-c2ccc3cccnc3c2)cc1. The molecule has 1 heterocycles. The van der Waals surface area contributed by atoms with Crippen LogP contribution in [-0.2, 0) is 0 Å². The second-order valence-electron chi connectivity index (χ2n) is 4.41. The Morgan fingerprint density at radius 1 is 0.842 bits per heavy atom. The van der Waals surface area contributed by atoms with Crippen LogP contribution in [0.25, 0.3) is 22.0 Å². The fourth-order valence-electron chi connectivity index (χ4n) is 2.09. The second-order valence-corrected chi connectivity index (χ2v) is 4.41. The topological polar surface area (TPSA) is 53.4 Å². The van der Waals surface area contributed by atoms with Crippen molar-refractivity contribution in [2.45, 2.75) is 0 Å². The highest BCUT2D eigenvalue weighted by Gasteiger charge is 2.10. The van der Waals surface area contributed by atoms with E-state index in [4.69, 9.17) is 10.0 Å². The molecule has 0 aliphatic heterocycles. The summed E-state index contributed by atoms with van der Waals surface area (Å²) in [6.07, 6.45) is 1.78. The Bertz CT molecular complexity index is 711. The van der Waals surface area contributed by atoms with E-state index in [-0.39, 0.29) is 0 Å². The molecule has 0 amide bonds. The summed E-state index contributed by atoms with van der Waals surface area (Å²) < 4.78 is 0. The Hall–Kier alpha value is -2.17. The fourth-order valence-corrected chi connectivity index (χ4v) is 2.09. The third-order valence-electron chi connectivity index (χ3n) is 3.15. The highest BCUT2D eigenvalue weighted by Crippen LogP contribution is 2.22. The average molecular weight is 249 g/mol. The zero-order chi connectivity index (χ0) is 13.2. The van der Waals surface area contributed by atoms with E-state index in [2.05, 4.69) is 4.98 Å². The third kappa shape index (κ3) is 2.36. The maximum Gasteiger partial charge on any atom is 0.488 e. The van der Waals surface area contributed by atoms with Crippen LogP contribution in [-0.4, -0.2) is 22.2 Å². The molecule has 0 radical (unpaired) electrons. The molecule has 3 nitrogen and oxygen atoms in total. The van der Waals surface area contributed by atoms with Crippen molar-refractivity contribution in [3.8, 4) is 11.1 Å². The van der Waals surface area contributed by atoms with Gasteiger partial charge < -0.3 is 10.0 Å². The minimum atomic E-state index is -1.42. The summed E-state index contributed by atoms with van der Waals surface area (Å²) in [6.45, 7) is 0. The normalized spacial score (nSPS) is 10.6. The number of aromatic nitrogens is 1. The molecule has 0 aliphatic carbocycles. The van der Waals surface area contributed by atoms with Crippen LogP contribution in [0.2, 0.25) is 0 Å². The minimum absolute atomic E-state index is 0.489. The summed E-state index contributed by atoms with van der Waals surface area (Å²) in [4.78, 5) is 4.33. The molecule has 0 fully saturated rings. The van der Waals surface area contributed by atoms with Gasteiger partial charge in [0.05, 0.1) is 5.52 Å². The maximum absolute atomic E-state index is 9.07. The van der Waals surface area contributed by atoms with Crippen LogP contribution in [0.4, 0.5) is 0 Å². The highest BCUT2D eigenvalue weighted by molar-refractivity contribution is 6.58. The molecule has 2 aromatic carbocycles. The van der Waals surface area contributed by atoms with Crippen molar-refractivity contribution >= 4 is 23.5 Å². The first-order valence-electron chi connectivity index (χ1n) is 6.05. The van der Waals surface area contributed by atoms with Gasteiger partial charge in [-0.3, -0.25) is 4.98 Å². The van der Waals surface area contributed by atoms with E-state index in [1.165, 1.54) is 0 Å². The van der Waals surface area contributed by atoms with E-state index in [1.807, 2.05) is 42.5 Å². The van der Waals surface area contributed by atoms with Crippen molar-refractivity contribution < 1.29 is 10.0 Å². The summed E-state index contributed by atoms with van der Waals surface area (Å²) in [7, 11) is -1.42. The molecule has 1 aromatic heterocycles. The molecule has 0 saturated heterocycles. The fraction of sp³-hybridized carbons (Fsp3) is 0. The number of fused-ring (bicyclic) bond motifs is 1. The molecule has 0 saturated carbocycles. The van der Waals surface area contributed by atoms with Gasteiger partial charge >= 0.3 is 7.12 Å². The number of hydrogen-bond acceptors (Lipinski definition) is 3. The molecule has 0 unspecified atom stereocenters. The zero-order valence-corrected chi connectivity index (χ0v) is 10.2. The van der Waals surface area contributed by atoms with Gasteiger partial charge in [-0.1, -0.05) is 42.5 Å². The van der Waals surface area contributed by atoms with Crippen LogP contribution in [0.3, 0.4) is 0 Å². The Balaban J connectivity index is 2.03. The van der Waals surface area contributed by atoms with E-state index in [0.717, 1.165) is 22.0 Å². The first kappa shape index (κ1) is 11.9. The molecule has 3 rings (SSSR count). The number of benzene rings is 2. The van der Waals surface area contributed by atoms with Crippen molar-refractivity contribution in [1.29, 1.82) is 0 Å². The summed E-state index contributed by atoms with van der Waals surface area (Å²) in [5.41, 5.74) is 3.52. The predicted molar refractivity (Wildman–Crippen MR) is 77.0 cm³/mol. The molecule has 3 aromatic rings. The predicted octanol–water partition coefficient (Wildman–Crippen LogP) is 1.58. The summed E-state index contributed by atoms with van der Waals surface area (Å²) in [6, 6.07) is 17.2. The first-order chi connectivity index (χ1) is 9.24. The minimum Gasteiger partial charge on any atom is -0.423 e. The van der Waals surface area contributed by atoms with Crippen LogP contribution in [0.1, 0.15) is 0 Å². The Kier molecular flexibility index (Phi) is 3.03. The lowest BCUT2D eigenvalue weighted by molar-refractivity contribution is 0.426. The van der Waals surface area contributed by atoms with Gasteiger partial charge in [0.25, 0.3) is 0 Å². The van der Waals surface area contributed by atoms with Crippen LogP contribution in [0, 0.1) is 0 Å². The van der Waals surface area contributed by atoms with Gasteiger partial charge in [-0.25, -0.2) is 0 Å². The molecule has 92 valence electrons. The molecule has 4 heteroatoms. The second kappa shape index (κ2) is 4.84. The van der Waals surface area contributed by atoms with E-state index in [1.54, 1.807) is 18.3 Å². The highest BCUT2D eigenvalue weighted by atomic mass is 16.4. The monoisotopic (exact) mass is 249 g/mol. The molecule has 0 spiro atoms. The Morgan fingerprint density at radius 3 is 2.32 bits per heavy atom. The first-order valence-corrected chi connectivity index (χ1v) is 6.05. The number of pyridine rings is 1. The number of nitrogens with zero attached hydrogens (tertiary/aromatic N) is 1. The number of hydrogen-bond donors (Lipinski definition) is 2. The van der Waals surface area contributed by atoms with Crippen molar-refractivity contribution in [2.75, 3.05) is 0 Å². The van der Waals surface area contributed by atoms with Gasteiger partial charge in [-0.2, -0.15) is 0 Å². The van der Waals surface area contributed by atoms with Crippen LogP contribution < -0.4 is 5.46 Å². The molecule has 2 N–H and O–H groups in total. The largest absolute Gasteiger partial charge is 0.488 e. The number of rotatable bonds is 2. The van der Waals surface area contributed by atoms with Crippen molar-refractivity contribution in [3.05, 3.63) is 60.8 Å². The summed E-state index contributed by atoms with van der Waals surface area (Å²) >= 11 is 0. The van der Waals surface area contributed by atoms with E-state index in [0.29, 0.717) is 5.46 Å². The third-order valence-corrected chi connectivity index (χ3v) is 3.15. The van der Waals surface area contributed by atoms with Gasteiger partial charge in [0, 0.05) is 11.6 Å². The summed E-state index contributed by atoms with van der Waals surface area (Å²) in [5, 5.41) is 19.2. The van der Waals surface area contributed by atoms with Crippen LogP contribution in [0.5, 0.6) is 0 Å². The van der Waals surface area contributed by atoms with Gasteiger partial charge in [0.15, 0.2) is 0 Å². The van der Waals surface area contributed by atoms with Gasteiger partial charge in [-0.05, 0) is 28.7 Å². The quantitative estimate of drug-likeness (QED) is 0.678. The lowest BCUT2D eigenvalue weighted by Gasteiger charge is -2.05. The lowest BCUT2D eigenvalue weighted by Crippen LogP contribution is -2.29. The van der Waals surface area contributed by atoms with Crippen molar-refractivity contribution in [3.63, 3.8) is 0 Å². The summed E-state index contributed by atoms with van der Waals surface area (Å²) in [5.74, 6) is 0. The molecule has 0 atom stereocenters. The zero-order valence-electron chi connectivity index (χ0n) is 10.2. The van der Waals surface area contributed by atoms with E-state index in [9.17, 15) is 0 Å². The molecular formula is C15H12BNO2. The lowest BCUT2D eigenvalue weighted by atomic mass is 9.80. The Labute approximate surface area is 111 Å². The van der Waals surface area contributed by atoms with Gasteiger partial charge in [0.2, 0.25) is 0 Å².